The third-order valence-corrected chi connectivity index (χ3v) is 2.37. The van der Waals surface area contributed by atoms with Crippen molar-refractivity contribution in [1.29, 1.82) is 0 Å². The van der Waals surface area contributed by atoms with Gasteiger partial charge in [-0.3, -0.25) is 0 Å². The maximum absolute atomic E-state index is 11.5. The van der Waals surface area contributed by atoms with Crippen LogP contribution in [-0.2, 0) is 14.3 Å². The Morgan fingerprint density at radius 1 is 1.44 bits per heavy atom. The predicted octanol–water partition coefficient (Wildman–Crippen LogP) is 0.744. The molecule has 0 radical (unpaired) electrons. The van der Waals surface area contributed by atoms with Crippen LogP contribution in [0.4, 0.5) is 4.79 Å². The zero-order valence-electron chi connectivity index (χ0n) is 11.0. The summed E-state index contributed by atoms with van der Waals surface area (Å²) < 4.78 is 9.62. The molecule has 0 aromatic carbocycles. The Morgan fingerprint density at radius 3 is 2.56 bits per heavy atom. The first-order valence-electron chi connectivity index (χ1n) is 5.69. The third-order valence-electron chi connectivity index (χ3n) is 2.37. The Balaban J connectivity index is 2.52. The Bertz CT molecular complexity index is 369. The standard InChI is InChI=1S/C12H19NO5/c1-12(2,3)18-11(16)13-8-5-7(6-9(8)14)10(15)17-4/h6,8-9,14H,5H2,1-4H3,(H,13,16)/t8-,9?/m0/s1. The van der Waals surface area contributed by atoms with Crippen molar-refractivity contribution in [2.45, 2.75) is 44.9 Å². The number of hydrogen-bond donors (Lipinski definition) is 2. The molecule has 102 valence electrons. The number of carbonyl (C=O) groups excluding carboxylic acids is 2. The van der Waals surface area contributed by atoms with E-state index in [-0.39, 0.29) is 6.42 Å². The first-order chi connectivity index (χ1) is 8.23. The van der Waals surface area contributed by atoms with E-state index in [9.17, 15) is 14.7 Å². The molecule has 0 heterocycles. The summed E-state index contributed by atoms with van der Waals surface area (Å²) in [4.78, 5) is 22.8. The van der Waals surface area contributed by atoms with Crippen LogP contribution < -0.4 is 5.32 Å². The summed E-state index contributed by atoms with van der Waals surface area (Å²) in [5, 5.41) is 12.2. The summed E-state index contributed by atoms with van der Waals surface area (Å²) in [5.74, 6) is -0.498. The molecule has 0 spiro atoms. The van der Waals surface area contributed by atoms with E-state index in [1.165, 1.54) is 13.2 Å². The molecule has 0 bridgehead atoms. The summed E-state index contributed by atoms with van der Waals surface area (Å²) in [6.45, 7) is 5.24. The lowest BCUT2D eigenvalue weighted by Crippen LogP contribution is -2.43. The molecule has 18 heavy (non-hydrogen) atoms. The van der Waals surface area contributed by atoms with Crippen LogP contribution in [-0.4, -0.2) is 42.0 Å². The van der Waals surface area contributed by atoms with Crippen LogP contribution in [0.3, 0.4) is 0 Å². The average Bonchev–Trinajstić information content (AvgIpc) is 2.56. The van der Waals surface area contributed by atoms with Gasteiger partial charge in [0.25, 0.3) is 0 Å². The van der Waals surface area contributed by atoms with Gasteiger partial charge in [-0.2, -0.15) is 0 Å². The van der Waals surface area contributed by atoms with Crippen LogP contribution in [0.1, 0.15) is 27.2 Å². The summed E-state index contributed by atoms with van der Waals surface area (Å²) in [6.07, 6.45) is 0.0821. The maximum Gasteiger partial charge on any atom is 0.407 e. The van der Waals surface area contributed by atoms with Crippen molar-refractivity contribution in [2.75, 3.05) is 7.11 Å². The molecule has 2 atom stereocenters. The molecule has 1 aliphatic carbocycles. The Kier molecular flexibility index (Phi) is 4.34. The Hall–Kier alpha value is -1.56. The Morgan fingerprint density at radius 2 is 2.06 bits per heavy atom. The number of hydrogen-bond acceptors (Lipinski definition) is 5. The fraction of sp³-hybridized carbons (Fsp3) is 0.667. The normalized spacial score (nSPS) is 23.3. The number of methoxy groups -OCH3 is 1. The topological polar surface area (TPSA) is 84.9 Å². The lowest BCUT2D eigenvalue weighted by molar-refractivity contribution is -0.136. The highest BCUT2D eigenvalue weighted by Gasteiger charge is 2.32. The van der Waals surface area contributed by atoms with Crippen LogP contribution in [0.2, 0.25) is 0 Å². The van der Waals surface area contributed by atoms with Crippen LogP contribution in [0.15, 0.2) is 11.6 Å². The first kappa shape index (κ1) is 14.5. The largest absolute Gasteiger partial charge is 0.466 e. The number of nitrogens with one attached hydrogen (secondary N) is 1. The number of ether oxygens (including phenoxy) is 2. The maximum atomic E-state index is 11.5. The van der Waals surface area contributed by atoms with E-state index in [4.69, 9.17) is 4.74 Å². The molecule has 0 fully saturated rings. The molecule has 0 aromatic heterocycles. The van der Waals surface area contributed by atoms with Gasteiger partial charge in [-0.25, -0.2) is 9.59 Å². The quantitative estimate of drug-likeness (QED) is 0.713. The second-order valence-electron chi connectivity index (χ2n) is 5.13. The summed E-state index contributed by atoms with van der Waals surface area (Å²) >= 11 is 0. The fourth-order valence-electron chi connectivity index (χ4n) is 1.63. The van der Waals surface area contributed by atoms with Crippen LogP contribution in [0.25, 0.3) is 0 Å². The molecule has 1 amide bonds. The van der Waals surface area contributed by atoms with Gasteiger partial charge in [0.15, 0.2) is 0 Å². The highest BCUT2D eigenvalue weighted by atomic mass is 16.6. The van der Waals surface area contributed by atoms with E-state index in [0.29, 0.717) is 5.57 Å². The molecular weight excluding hydrogens is 238 g/mol. The van der Waals surface area contributed by atoms with Crippen molar-refractivity contribution in [3.8, 4) is 0 Å². The smallest absolute Gasteiger partial charge is 0.407 e. The van der Waals surface area contributed by atoms with Crippen LogP contribution >= 0.6 is 0 Å². The molecule has 0 saturated carbocycles. The van der Waals surface area contributed by atoms with Crippen molar-refractivity contribution in [3.63, 3.8) is 0 Å². The van der Waals surface area contributed by atoms with Gasteiger partial charge in [0.1, 0.15) is 5.60 Å². The third kappa shape index (κ3) is 4.03. The van der Waals surface area contributed by atoms with E-state index in [1.807, 2.05) is 0 Å². The minimum absolute atomic E-state index is 0.229. The highest BCUT2D eigenvalue weighted by Crippen LogP contribution is 2.21. The molecule has 6 nitrogen and oxygen atoms in total. The van der Waals surface area contributed by atoms with Crippen molar-refractivity contribution in [3.05, 3.63) is 11.6 Å². The van der Waals surface area contributed by atoms with E-state index in [0.717, 1.165) is 0 Å². The average molecular weight is 257 g/mol. The Labute approximate surface area is 106 Å². The SMILES string of the molecule is COC(=O)C1=CC(O)[C@@H](NC(=O)OC(C)(C)C)C1. The molecule has 1 rings (SSSR count). The van der Waals surface area contributed by atoms with Crippen molar-refractivity contribution >= 4 is 12.1 Å². The number of aliphatic hydroxyl groups is 1. The zero-order valence-corrected chi connectivity index (χ0v) is 11.0. The molecule has 6 heteroatoms. The molecular formula is C12H19NO5. The van der Waals surface area contributed by atoms with E-state index >= 15 is 0 Å². The molecule has 0 saturated heterocycles. The van der Waals surface area contributed by atoms with Crippen molar-refractivity contribution in [2.24, 2.45) is 0 Å². The van der Waals surface area contributed by atoms with Gasteiger partial charge in [0.05, 0.1) is 19.3 Å². The second-order valence-corrected chi connectivity index (χ2v) is 5.13. The lowest BCUT2D eigenvalue weighted by Gasteiger charge is -2.23. The van der Waals surface area contributed by atoms with E-state index in [2.05, 4.69) is 10.1 Å². The number of alkyl carbamates (subject to hydrolysis) is 1. The van der Waals surface area contributed by atoms with E-state index < -0.39 is 29.8 Å². The van der Waals surface area contributed by atoms with Gasteiger partial charge in [0.2, 0.25) is 0 Å². The number of carbonyl (C=O) groups is 2. The highest BCUT2D eigenvalue weighted by molar-refractivity contribution is 5.89. The molecule has 2 N–H and O–H groups in total. The van der Waals surface area contributed by atoms with Crippen LogP contribution in [0, 0.1) is 0 Å². The predicted molar refractivity (Wildman–Crippen MR) is 63.9 cm³/mol. The number of amides is 1. The van der Waals surface area contributed by atoms with Crippen molar-refractivity contribution < 1.29 is 24.2 Å². The summed E-state index contributed by atoms with van der Waals surface area (Å²) in [7, 11) is 1.27. The molecule has 0 aliphatic heterocycles. The van der Waals surface area contributed by atoms with Gasteiger partial charge in [-0.05, 0) is 26.8 Å². The van der Waals surface area contributed by atoms with Gasteiger partial charge in [0, 0.05) is 12.0 Å². The van der Waals surface area contributed by atoms with Gasteiger partial charge < -0.3 is 19.9 Å². The molecule has 1 unspecified atom stereocenters. The van der Waals surface area contributed by atoms with Gasteiger partial charge in [-0.1, -0.05) is 0 Å². The number of aliphatic hydroxyl groups excluding tert-OH is 1. The zero-order chi connectivity index (χ0) is 13.9. The van der Waals surface area contributed by atoms with E-state index in [1.54, 1.807) is 20.8 Å². The van der Waals surface area contributed by atoms with Crippen LogP contribution in [0.5, 0.6) is 0 Å². The fourth-order valence-corrected chi connectivity index (χ4v) is 1.63. The minimum Gasteiger partial charge on any atom is -0.466 e. The lowest BCUT2D eigenvalue weighted by atomic mass is 10.1. The van der Waals surface area contributed by atoms with Gasteiger partial charge >= 0.3 is 12.1 Å². The first-order valence-corrected chi connectivity index (χ1v) is 5.69. The minimum atomic E-state index is -0.911. The summed E-state index contributed by atoms with van der Waals surface area (Å²) in [5.41, 5.74) is -0.252. The summed E-state index contributed by atoms with van der Waals surface area (Å²) in [6, 6.07) is -0.561. The molecule has 0 aromatic rings. The second kappa shape index (κ2) is 5.39. The monoisotopic (exact) mass is 257 g/mol. The molecule has 1 aliphatic rings. The number of esters is 1. The van der Waals surface area contributed by atoms with Crippen molar-refractivity contribution in [1.82, 2.24) is 5.32 Å². The number of rotatable bonds is 2. The van der Waals surface area contributed by atoms with Gasteiger partial charge in [-0.15, -0.1) is 0 Å².